The summed E-state index contributed by atoms with van der Waals surface area (Å²) < 4.78 is 64.4. The van der Waals surface area contributed by atoms with Gasteiger partial charge in [-0.3, -0.25) is 9.40 Å². The first-order chi connectivity index (χ1) is 16.7. The first-order valence-electron chi connectivity index (χ1n) is 10.4. The second kappa shape index (κ2) is 9.19. The van der Waals surface area contributed by atoms with Crippen LogP contribution in [0.2, 0.25) is 5.02 Å². The van der Waals surface area contributed by atoms with Crippen LogP contribution in [0, 0.1) is 11.6 Å². The van der Waals surface area contributed by atoms with Crippen molar-refractivity contribution in [1.29, 1.82) is 0 Å². The SMILES string of the molecule is NC1CC(n2nccc2-c2cc(Cl)ccc2Oc2cc(F)c(S(=O)(=O)Nc3nccs3)cc2F)C1. The maximum atomic E-state index is 14.9. The minimum Gasteiger partial charge on any atom is -0.453 e. The van der Waals surface area contributed by atoms with Gasteiger partial charge in [0.15, 0.2) is 16.7 Å². The number of nitrogens with zero attached hydrogens (tertiary/aromatic N) is 3. The van der Waals surface area contributed by atoms with E-state index in [0.717, 1.165) is 24.2 Å². The summed E-state index contributed by atoms with van der Waals surface area (Å²) in [6.07, 6.45) is 4.52. The van der Waals surface area contributed by atoms with Crippen LogP contribution in [0.1, 0.15) is 18.9 Å². The van der Waals surface area contributed by atoms with E-state index in [1.165, 1.54) is 12.3 Å². The van der Waals surface area contributed by atoms with Crippen LogP contribution in [-0.4, -0.2) is 29.2 Å². The van der Waals surface area contributed by atoms with Gasteiger partial charge in [0, 0.05) is 46.5 Å². The van der Waals surface area contributed by atoms with Gasteiger partial charge in [-0.1, -0.05) is 11.6 Å². The van der Waals surface area contributed by atoms with E-state index in [4.69, 9.17) is 22.1 Å². The molecule has 2 aromatic heterocycles. The minimum absolute atomic E-state index is 0.0278. The quantitative estimate of drug-likeness (QED) is 0.335. The molecule has 3 N–H and O–H groups in total. The number of ether oxygens (including phenoxy) is 1. The molecule has 0 spiro atoms. The fourth-order valence-electron chi connectivity index (χ4n) is 3.80. The lowest BCUT2D eigenvalue weighted by molar-refractivity contribution is 0.249. The second-order valence-electron chi connectivity index (χ2n) is 7.94. The average Bonchev–Trinajstić information content (AvgIpc) is 3.46. The van der Waals surface area contributed by atoms with Crippen molar-refractivity contribution in [1.82, 2.24) is 14.8 Å². The molecule has 0 radical (unpaired) electrons. The molecule has 0 amide bonds. The molecule has 1 fully saturated rings. The number of benzene rings is 2. The van der Waals surface area contributed by atoms with E-state index < -0.39 is 32.3 Å². The van der Waals surface area contributed by atoms with Crippen LogP contribution < -0.4 is 15.2 Å². The van der Waals surface area contributed by atoms with Gasteiger partial charge < -0.3 is 10.5 Å². The van der Waals surface area contributed by atoms with Crippen molar-refractivity contribution in [3.63, 3.8) is 0 Å². The summed E-state index contributed by atoms with van der Waals surface area (Å²) in [5, 5.41) is 6.36. The van der Waals surface area contributed by atoms with Crippen LogP contribution in [-0.2, 0) is 10.0 Å². The Morgan fingerprint density at radius 2 is 1.91 bits per heavy atom. The Morgan fingerprint density at radius 3 is 2.63 bits per heavy atom. The van der Waals surface area contributed by atoms with E-state index in [2.05, 4.69) is 14.8 Å². The van der Waals surface area contributed by atoms with E-state index in [1.807, 2.05) is 0 Å². The number of sulfonamides is 1. The summed E-state index contributed by atoms with van der Waals surface area (Å²) in [4.78, 5) is 2.92. The Hall–Kier alpha value is -3.06. The highest BCUT2D eigenvalue weighted by atomic mass is 35.5. The molecule has 35 heavy (non-hydrogen) atoms. The zero-order valence-corrected chi connectivity index (χ0v) is 20.2. The van der Waals surface area contributed by atoms with Crippen LogP contribution in [0.5, 0.6) is 11.5 Å². The standard InChI is InChI=1S/C22H18ClF2N5O3S2/c23-12-1-2-19(15(7-12)18-3-4-28-30(18)14-8-13(26)9-14)33-20-10-17(25)21(11-16(20)24)35(31,32)29-22-27-5-6-34-22/h1-7,10-11,13-14H,8-9,26H2,(H,27,29). The molecular formula is C22H18ClF2N5O3S2. The third-order valence-corrected chi connectivity index (χ3v) is 7.94. The summed E-state index contributed by atoms with van der Waals surface area (Å²) in [5.41, 5.74) is 7.10. The number of nitrogens with one attached hydrogen (secondary N) is 1. The molecule has 2 heterocycles. The monoisotopic (exact) mass is 537 g/mol. The van der Waals surface area contributed by atoms with E-state index in [0.29, 0.717) is 28.4 Å². The predicted octanol–water partition coefficient (Wildman–Crippen LogP) is 5.19. The van der Waals surface area contributed by atoms with Crippen molar-refractivity contribution in [2.75, 3.05) is 4.72 Å². The molecule has 1 aliphatic carbocycles. The molecule has 0 aliphatic heterocycles. The van der Waals surface area contributed by atoms with Crippen molar-refractivity contribution in [2.24, 2.45) is 5.73 Å². The van der Waals surface area contributed by atoms with Gasteiger partial charge in [0.25, 0.3) is 10.0 Å². The number of halogens is 3. The van der Waals surface area contributed by atoms with Crippen LogP contribution in [0.25, 0.3) is 11.3 Å². The molecule has 1 saturated carbocycles. The van der Waals surface area contributed by atoms with Crippen molar-refractivity contribution in [2.45, 2.75) is 29.8 Å². The Labute approximate surface area is 208 Å². The van der Waals surface area contributed by atoms with Gasteiger partial charge in [-0.15, -0.1) is 11.3 Å². The van der Waals surface area contributed by atoms with Gasteiger partial charge in [-0.05, 0) is 37.1 Å². The van der Waals surface area contributed by atoms with Crippen molar-refractivity contribution in [3.05, 3.63) is 70.8 Å². The Balaban J connectivity index is 1.48. The molecule has 182 valence electrons. The fourth-order valence-corrected chi connectivity index (χ4v) is 5.83. The van der Waals surface area contributed by atoms with Crippen LogP contribution >= 0.6 is 22.9 Å². The third kappa shape index (κ3) is 4.74. The molecule has 5 rings (SSSR count). The first kappa shape index (κ1) is 23.7. The molecule has 0 atom stereocenters. The zero-order valence-electron chi connectivity index (χ0n) is 17.9. The maximum Gasteiger partial charge on any atom is 0.266 e. The number of aromatic nitrogens is 3. The first-order valence-corrected chi connectivity index (χ1v) is 13.1. The lowest BCUT2D eigenvalue weighted by atomic mass is 9.87. The molecule has 0 bridgehead atoms. The molecule has 0 unspecified atom stereocenters. The van der Waals surface area contributed by atoms with Crippen molar-refractivity contribution in [3.8, 4) is 22.8 Å². The van der Waals surface area contributed by atoms with E-state index in [9.17, 15) is 17.2 Å². The van der Waals surface area contributed by atoms with E-state index >= 15 is 0 Å². The molecule has 4 aromatic rings. The zero-order chi connectivity index (χ0) is 24.7. The molecule has 13 heteroatoms. The normalized spacial score (nSPS) is 17.7. The van der Waals surface area contributed by atoms with Crippen LogP contribution in [0.3, 0.4) is 0 Å². The second-order valence-corrected chi connectivity index (χ2v) is 10.9. The number of hydrogen-bond donors (Lipinski definition) is 2. The summed E-state index contributed by atoms with van der Waals surface area (Å²) in [7, 11) is -4.40. The van der Waals surface area contributed by atoms with Gasteiger partial charge in [0.2, 0.25) is 0 Å². The summed E-state index contributed by atoms with van der Waals surface area (Å²) in [5.74, 6) is -2.55. The Morgan fingerprint density at radius 1 is 1.11 bits per heavy atom. The van der Waals surface area contributed by atoms with Gasteiger partial charge in [0.05, 0.1) is 11.7 Å². The van der Waals surface area contributed by atoms with Crippen molar-refractivity contribution >= 4 is 38.1 Å². The van der Waals surface area contributed by atoms with Gasteiger partial charge in [0.1, 0.15) is 16.5 Å². The largest absolute Gasteiger partial charge is 0.453 e. The smallest absolute Gasteiger partial charge is 0.266 e. The highest BCUT2D eigenvalue weighted by Crippen LogP contribution is 2.40. The fraction of sp³-hybridized carbons (Fsp3) is 0.182. The van der Waals surface area contributed by atoms with Crippen LogP contribution in [0.4, 0.5) is 13.9 Å². The Kier molecular flexibility index (Phi) is 6.21. The predicted molar refractivity (Wildman–Crippen MR) is 128 cm³/mol. The third-order valence-electron chi connectivity index (χ3n) is 5.53. The summed E-state index contributed by atoms with van der Waals surface area (Å²) in [6, 6.07) is 7.92. The van der Waals surface area contributed by atoms with Gasteiger partial charge in [-0.25, -0.2) is 22.2 Å². The number of thiazole rings is 1. The molecular weight excluding hydrogens is 520 g/mol. The van der Waals surface area contributed by atoms with Gasteiger partial charge in [-0.2, -0.15) is 5.10 Å². The maximum absolute atomic E-state index is 14.9. The lowest BCUT2D eigenvalue weighted by Gasteiger charge is -2.33. The van der Waals surface area contributed by atoms with Crippen molar-refractivity contribution < 1.29 is 21.9 Å². The number of rotatable bonds is 7. The number of hydrogen-bond acceptors (Lipinski definition) is 7. The minimum atomic E-state index is -4.40. The lowest BCUT2D eigenvalue weighted by Crippen LogP contribution is -2.38. The van der Waals surface area contributed by atoms with Crippen LogP contribution in [0.15, 0.2) is 59.1 Å². The molecule has 8 nitrogen and oxygen atoms in total. The summed E-state index contributed by atoms with van der Waals surface area (Å²) >= 11 is 7.21. The summed E-state index contributed by atoms with van der Waals surface area (Å²) in [6.45, 7) is 0. The molecule has 1 aliphatic rings. The van der Waals surface area contributed by atoms with E-state index in [-0.39, 0.29) is 23.0 Å². The number of anilines is 1. The topological polar surface area (TPSA) is 112 Å². The number of nitrogens with two attached hydrogens (primary N) is 1. The Bertz CT molecular complexity index is 1490. The van der Waals surface area contributed by atoms with E-state index in [1.54, 1.807) is 34.5 Å². The highest BCUT2D eigenvalue weighted by molar-refractivity contribution is 7.93. The average molecular weight is 538 g/mol. The van der Waals surface area contributed by atoms with Gasteiger partial charge >= 0.3 is 0 Å². The molecule has 2 aromatic carbocycles. The highest BCUT2D eigenvalue weighted by Gasteiger charge is 2.30. The molecule has 0 saturated heterocycles.